The van der Waals surface area contributed by atoms with Gasteiger partial charge in [0.2, 0.25) is 0 Å². The Hall–Kier alpha value is -2.09. The van der Waals surface area contributed by atoms with E-state index in [-0.39, 0.29) is 29.8 Å². The molecule has 2 aliphatic carbocycles. The maximum absolute atomic E-state index is 13.3. The summed E-state index contributed by atoms with van der Waals surface area (Å²) in [7, 11) is 0. The number of hydrogen-bond donors (Lipinski definition) is 0. The molecular formula is C26H32O2. The molecule has 0 bridgehead atoms. The van der Waals surface area contributed by atoms with Crippen LogP contribution >= 0.6 is 0 Å². The van der Waals surface area contributed by atoms with Gasteiger partial charge in [-0.15, -0.1) is 0 Å². The zero-order valence-electron chi connectivity index (χ0n) is 17.3. The molecule has 0 aliphatic heterocycles. The fourth-order valence-electron chi connectivity index (χ4n) is 5.26. The van der Waals surface area contributed by atoms with Gasteiger partial charge in [-0.25, -0.2) is 0 Å². The molecule has 0 amide bonds. The fraction of sp³-hybridized carbons (Fsp3) is 0.500. The van der Waals surface area contributed by atoms with Crippen LogP contribution < -0.4 is 0 Å². The number of carbonyl (C=O) groups is 1. The highest BCUT2D eigenvalue weighted by atomic mass is 16.5. The van der Waals surface area contributed by atoms with E-state index in [1.54, 1.807) is 0 Å². The van der Waals surface area contributed by atoms with Crippen LogP contribution in [0.5, 0.6) is 0 Å². The third kappa shape index (κ3) is 3.87. The highest BCUT2D eigenvalue weighted by Crippen LogP contribution is 2.61. The minimum absolute atomic E-state index is 0.00690. The lowest BCUT2D eigenvalue weighted by Gasteiger charge is -2.36. The first kappa shape index (κ1) is 19.2. The van der Waals surface area contributed by atoms with Crippen molar-refractivity contribution in [2.24, 2.45) is 23.7 Å². The molecule has 0 spiro atoms. The number of esters is 1. The van der Waals surface area contributed by atoms with Crippen LogP contribution in [0.2, 0.25) is 0 Å². The van der Waals surface area contributed by atoms with Gasteiger partial charge in [0.25, 0.3) is 0 Å². The number of ether oxygens (including phenoxy) is 1. The molecule has 2 aromatic rings. The summed E-state index contributed by atoms with van der Waals surface area (Å²) < 4.78 is 6.22. The van der Waals surface area contributed by atoms with Crippen LogP contribution in [0.25, 0.3) is 0 Å². The molecule has 0 heterocycles. The number of rotatable bonds is 5. The maximum Gasteiger partial charge on any atom is 0.310 e. The molecule has 2 aliphatic rings. The van der Waals surface area contributed by atoms with E-state index in [1.807, 2.05) is 12.1 Å². The van der Waals surface area contributed by atoms with Crippen molar-refractivity contribution in [2.75, 3.05) is 0 Å². The van der Waals surface area contributed by atoms with E-state index in [1.165, 1.54) is 24.0 Å². The van der Waals surface area contributed by atoms with Gasteiger partial charge in [-0.05, 0) is 41.7 Å². The van der Waals surface area contributed by atoms with Gasteiger partial charge in [0.05, 0.1) is 5.92 Å². The highest BCUT2D eigenvalue weighted by molar-refractivity contribution is 5.80. The molecular weight excluding hydrogens is 344 g/mol. The SMILES string of the molecule is CC(C)[C@@H]1CC[C@@H](C)C[C@@H]1OC(=O)C1[C@@H](c2ccccc2)[C@H]1c1ccccc1. The smallest absolute Gasteiger partial charge is 0.310 e. The van der Waals surface area contributed by atoms with Gasteiger partial charge in [0.15, 0.2) is 0 Å². The van der Waals surface area contributed by atoms with Gasteiger partial charge in [-0.3, -0.25) is 4.79 Å². The van der Waals surface area contributed by atoms with Gasteiger partial charge >= 0.3 is 5.97 Å². The minimum Gasteiger partial charge on any atom is -0.462 e. The number of carbonyl (C=O) groups excluding carboxylic acids is 1. The first-order chi connectivity index (χ1) is 13.6. The molecule has 6 atom stereocenters. The van der Waals surface area contributed by atoms with E-state index in [4.69, 9.17) is 4.74 Å². The Kier molecular flexibility index (Phi) is 5.57. The first-order valence-electron chi connectivity index (χ1n) is 10.9. The normalized spacial score (nSPS) is 32.1. The molecule has 2 saturated carbocycles. The van der Waals surface area contributed by atoms with Crippen molar-refractivity contribution in [3.8, 4) is 0 Å². The quantitative estimate of drug-likeness (QED) is 0.582. The van der Waals surface area contributed by atoms with Crippen molar-refractivity contribution in [1.82, 2.24) is 0 Å². The molecule has 4 rings (SSSR count). The third-order valence-electron chi connectivity index (χ3n) is 6.89. The Morgan fingerprint density at radius 3 is 1.93 bits per heavy atom. The summed E-state index contributed by atoms with van der Waals surface area (Å²) in [5.74, 6) is 2.09. The van der Waals surface area contributed by atoms with E-state index >= 15 is 0 Å². The van der Waals surface area contributed by atoms with Crippen molar-refractivity contribution in [1.29, 1.82) is 0 Å². The van der Waals surface area contributed by atoms with Crippen molar-refractivity contribution in [2.45, 2.75) is 58.0 Å². The summed E-state index contributed by atoms with van der Waals surface area (Å²) in [4.78, 5) is 13.3. The van der Waals surface area contributed by atoms with Crippen molar-refractivity contribution in [3.05, 3.63) is 71.8 Å². The fourth-order valence-corrected chi connectivity index (χ4v) is 5.26. The molecule has 0 aromatic heterocycles. The van der Waals surface area contributed by atoms with E-state index in [0.29, 0.717) is 17.8 Å². The van der Waals surface area contributed by atoms with Crippen LogP contribution in [0, 0.1) is 23.7 Å². The molecule has 148 valence electrons. The van der Waals surface area contributed by atoms with E-state index in [0.717, 1.165) is 6.42 Å². The molecule has 1 unspecified atom stereocenters. The van der Waals surface area contributed by atoms with Crippen molar-refractivity contribution >= 4 is 5.97 Å². The van der Waals surface area contributed by atoms with Gasteiger partial charge in [0.1, 0.15) is 6.10 Å². The molecule has 2 nitrogen and oxygen atoms in total. The second-order valence-electron chi connectivity index (χ2n) is 9.20. The Balaban J connectivity index is 1.54. The topological polar surface area (TPSA) is 26.3 Å². The zero-order valence-corrected chi connectivity index (χ0v) is 17.3. The third-order valence-corrected chi connectivity index (χ3v) is 6.89. The lowest BCUT2D eigenvalue weighted by molar-refractivity contribution is -0.157. The van der Waals surface area contributed by atoms with E-state index in [9.17, 15) is 4.79 Å². The minimum atomic E-state index is -0.0603. The summed E-state index contributed by atoms with van der Waals surface area (Å²) in [5.41, 5.74) is 2.49. The molecule has 0 radical (unpaired) electrons. The van der Waals surface area contributed by atoms with Crippen molar-refractivity contribution < 1.29 is 9.53 Å². The van der Waals surface area contributed by atoms with Crippen LogP contribution in [-0.4, -0.2) is 12.1 Å². The summed E-state index contributed by atoms with van der Waals surface area (Å²) in [5, 5.41) is 0. The lowest BCUT2D eigenvalue weighted by atomic mass is 9.75. The monoisotopic (exact) mass is 376 g/mol. The first-order valence-corrected chi connectivity index (χ1v) is 10.9. The number of benzene rings is 2. The van der Waals surface area contributed by atoms with Crippen LogP contribution in [0.4, 0.5) is 0 Å². The van der Waals surface area contributed by atoms with Crippen LogP contribution in [-0.2, 0) is 9.53 Å². The predicted octanol–water partition coefficient (Wildman–Crippen LogP) is 6.19. The largest absolute Gasteiger partial charge is 0.462 e. The average molecular weight is 377 g/mol. The van der Waals surface area contributed by atoms with E-state index < -0.39 is 0 Å². The Morgan fingerprint density at radius 2 is 1.43 bits per heavy atom. The van der Waals surface area contributed by atoms with Gasteiger partial charge in [-0.1, -0.05) is 87.9 Å². The van der Waals surface area contributed by atoms with Crippen molar-refractivity contribution in [3.63, 3.8) is 0 Å². The van der Waals surface area contributed by atoms with E-state index in [2.05, 4.69) is 69.3 Å². The van der Waals surface area contributed by atoms with Crippen LogP contribution in [0.15, 0.2) is 60.7 Å². The summed E-state index contributed by atoms with van der Waals surface area (Å²) >= 11 is 0. The second-order valence-corrected chi connectivity index (χ2v) is 9.20. The highest BCUT2D eigenvalue weighted by Gasteiger charge is 2.57. The van der Waals surface area contributed by atoms with Crippen LogP contribution in [0.3, 0.4) is 0 Å². The van der Waals surface area contributed by atoms with Crippen LogP contribution in [0.1, 0.15) is 63.0 Å². The second kappa shape index (κ2) is 8.11. The summed E-state index contributed by atoms with van der Waals surface area (Å²) in [6.07, 6.45) is 3.50. The average Bonchev–Trinajstić information content (AvgIpc) is 3.45. The van der Waals surface area contributed by atoms with Gasteiger partial charge in [-0.2, -0.15) is 0 Å². The summed E-state index contributed by atoms with van der Waals surface area (Å²) in [6, 6.07) is 20.9. The molecule has 2 fully saturated rings. The lowest BCUT2D eigenvalue weighted by Crippen LogP contribution is -2.36. The zero-order chi connectivity index (χ0) is 19.7. The summed E-state index contributed by atoms with van der Waals surface area (Å²) in [6.45, 7) is 6.81. The predicted molar refractivity (Wildman–Crippen MR) is 113 cm³/mol. The van der Waals surface area contributed by atoms with Gasteiger partial charge in [0, 0.05) is 11.8 Å². The standard InChI is InChI=1S/C26H32O2/c1-17(2)21-15-14-18(3)16-22(21)28-26(27)25-23(19-10-6-4-7-11-19)24(25)20-12-8-5-9-13-20/h4-13,17-18,21-25H,14-16H2,1-3H3/t18-,21+,22+,23-,24+,25?/m1/s1. The molecule has 0 saturated heterocycles. The molecule has 28 heavy (non-hydrogen) atoms. The Morgan fingerprint density at radius 1 is 0.893 bits per heavy atom. The number of hydrogen-bond acceptors (Lipinski definition) is 2. The molecule has 2 aromatic carbocycles. The maximum atomic E-state index is 13.3. The van der Waals surface area contributed by atoms with Gasteiger partial charge < -0.3 is 4.74 Å². The molecule has 0 N–H and O–H groups in total. The molecule has 2 heteroatoms. The Labute approximate surface area is 169 Å². The Bertz CT molecular complexity index is 737.